The van der Waals surface area contributed by atoms with Crippen LogP contribution in [0.5, 0.6) is 0 Å². The van der Waals surface area contributed by atoms with Crippen LogP contribution in [-0.2, 0) is 9.47 Å². The highest BCUT2D eigenvalue weighted by atomic mass is 16.5. The molecule has 2 aliphatic heterocycles. The number of carbonyl (C=O) groups excluding carboxylic acids is 1. The second kappa shape index (κ2) is 3.46. The third-order valence-electron chi connectivity index (χ3n) is 2.96. The summed E-state index contributed by atoms with van der Waals surface area (Å²) in [5, 5.41) is 0. The first-order valence-electron chi connectivity index (χ1n) is 5.44. The fourth-order valence-electron chi connectivity index (χ4n) is 2.23. The van der Waals surface area contributed by atoms with E-state index >= 15 is 0 Å². The third kappa shape index (κ3) is 1.28. The maximum atomic E-state index is 11.6. The van der Waals surface area contributed by atoms with Crippen molar-refractivity contribution in [2.24, 2.45) is 0 Å². The topological polar surface area (TPSA) is 35.5 Å². The van der Waals surface area contributed by atoms with Gasteiger partial charge in [0.1, 0.15) is 12.2 Å². The second-order valence-electron chi connectivity index (χ2n) is 3.93. The molecule has 2 atom stereocenters. The quantitative estimate of drug-likeness (QED) is 0.563. The first-order chi connectivity index (χ1) is 7.79. The molecule has 82 valence electrons. The summed E-state index contributed by atoms with van der Waals surface area (Å²) in [6.07, 6.45) is 4.18. The molecule has 0 saturated carbocycles. The van der Waals surface area contributed by atoms with E-state index in [2.05, 4.69) is 6.08 Å². The van der Waals surface area contributed by atoms with E-state index in [9.17, 15) is 4.79 Å². The van der Waals surface area contributed by atoms with Gasteiger partial charge in [-0.3, -0.25) is 0 Å². The van der Waals surface area contributed by atoms with E-state index in [0.717, 1.165) is 5.56 Å². The van der Waals surface area contributed by atoms with Crippen molar-refractivity contribution in [1.29, 1.82) is 0 Å². The molecule has 3 heteroatoms. The van der Waals surface area contributed by atoms with Crippen LogP contribution in [0.1, 0.15) is 40.6 Å². The van der Waals surface area contributed by atoms with Gasteiger partial charge in [0.15, 0.2) is 0 Å². The van der Waals surface area contributed by atoms with E-state index in [1.165, 1.54) is 5.56 Å². The van der Waals surface area contributed by atoms with Crippen LogP contribution in [0.15, 0.2) is 30.4 Å². The maximum absolute atomic E-state index is 11.6. The maximum Gasteiger partial charge on any atom is 0.338 e. The summed E-state index contributed by atoms with van der Waals surface area (Å²) in [7, 11) is 0. The van der Waals surface area contributed by atoms with Crippen LogP contribution < -0.4 is 0 Å². The Kier molecular flexibility index (Phi) is 2.07. The normalized spacial score (nSPS) is 24.6. The Morgan fingerprint density at radius 3 is 2.81 bits per heavy atom. The molecule has 3 rings (SSSR count). The van der Waals surface area contributed by atoms with Gasteiger partial charge in [0.25, 0.3) is 0 Å². The van der Waals surface area contributed by atoms with Gasteiger partial charge in [-0.1, -0.05) is 18.2 Å². The molecule has 0 aromatic heterocycles. The molecule has 0 aliphatic carbocycles. The van der Waals surface area contributed by atoms with Crippen molar-refractivity contribution in [1.82, 2.24) is 0 Å². The van der Waals surface area contributed by atoms with Gasteiger partial charge >= 0.3 is 5.97 Å². The second-order valence-corrected chi connectivity index (χ2v) is 3.93. The fraction of sp³-hybridized carbons (Fsp3) is 0.308. The predicted octanol–water partition coefficient (Wildman–Crippen LogP) is 2.55. The van der Waals surface area contributed by atoms with Crippen LogP contribution >= 0.6 is 0 Å². The minimum absolute atomic E-state index is 0.0226. The molecule has 16 heavy (non-hydrogen) atoms. The molecule has 2 bridgehead atoms. The van der Waals surface area contributed by atoms with Crippen LogP contribution in [0.3, 0.4) is 0 Å². The van der Waals surface area contributed by atoms with Gasteiger partial charge in [0, 0.05) is 0 Å². The summed E-state index contributed by atoms with van der Waals surface area (Å²) in [5.41, 5.74) is 2.86. The summed E-state index contributed by atoms with van der Waals surface area (Å²) in [4.78, 5) is 11.6. The van der Waals surface area contributed by atoms with Gasteiger partial charge in [-0.15, -0.1) is 0 Å². The van der Waals surface area contributed by atoms with Crippen molar-refractivity contribution in [3.05, 3.63) is 47.0 Å². The molecule has 2 unspecified atom stereocenters. The zero-order valence-corrected chi connectivity index (χ0v) is 8.97. The van der Waals surface area contributed by atoms with Gasteiger partial charge in [0.05, 0.1) is 12.2 Å². The molecule has 0 spiro atoms. The summed E-state index contributed by atoms with van der Waals surface area (Å²) in [5.74, 6) is -0.267. The zero-order chi connectivity index (χ0) is 11.1. The minimum atomic E-state index is -0.267. The lowest BCUT2D eigenvalue weighted by atomic mass is 9.95. The van der Waals surface area contributed by atoms with Crippen molar-refractivity contribution >= 4 is 5.97 Å². The molecule has 3 nitrogen and oxygen atoms in total. The van der Waals surface area contributed by atoms with Crippen LogP contribution in [0.2, 0.25) is 0 Å². The summed E-state index contributed by atoms with van der Waals surface area (Å²) < 4.78 is 10.6. The molecule has 2 heterocycles. The largest absolute Gasteiger partial charge is 0.462 e. The van der Waals surface area contributed by atoms with Crippen LogP contribution in [0.25, 0.3) is 0 Å². The SMILES string of the molecule is CCOC(=O)c1ccc2c(c1)C1C=CC2O1. The number of esters is 1. The zero-order valence-electron chi connectivity index (χ0n) is 8.97. The van der Waals surface area contributed by atoms with E-state index in [-0.39, 0.29) is 18.2 Å². The molecule has 0 radical (unpaired) electrons. The Morgan fingerprint density at radius 1 is 1.31 bits per heavy atom. The third-order valence-corrected chi connectivity index (χ3v) is 2.96. The molecular weight excluding hydrogens is 204 g/mol. The van der Waals surface area contributed by atoms with Crippen molar-refractivity contribution in [3.63, 3.8) is 0 Å². The Balaban J connectivity index is 1.96. The molecule has 1 aromatic carbocycles. The van der Waals surface area contributed by atoms with Crippen LogP contribution in [0, 0.1) is 0 Å². The van der Waals surface area contributed by atoms with Gasteiger partial charge in [0.2, 0.25) is 0 Å². The highest BCUT2D eigenvalue weighted by Gasteiger charge is 2.33. The van der Waals surface area contributed by atoms with Gasteiger partial charge in [-0.2, -0.15) is 0 Å². The Hall–Kier alpha value is -1.61. The van der Waals surface area contributed by atoms with Crippen molar-refractivity contribution in [3.8, 4) is 0 Å². The van der Waals surface area contributed by atoms with E-state index in [1.54, 1.807) is 13.0 Å². The number of rotatable bonds is 2. The first-order valence-corrected chi connectivity index (χ1v) is 5.44. The summed E-state index contributed by atoms with van der Waals surface area (Å²) in [6, 6.07) is 5.63. The van der Waals surface area contributed by atoms with Crippen molar-refractivity contribution < 1.29 is 14.3 Å². The van der Waals surface area contributed by atoms with E-state index < -0.39 is 0 Å². The molecule has 2 aliphatic rings. The molecule has 1 aromatic rings. The number of hydrogen-bond acceptors (Lipinski definition) is 3. The molecule has 0 fully saturated rings. The smallest absolute Gasteiger partial charge is 0.338 e. The lowest BCUT2D eigenvalue weighted by molar-refractivity contribution is 0.0526. The van der Waals surface area contributed by atoms with Gasteiger partial charge in [-0.05, 0) is 30.2 Å². The number of hydrogen-bond donors (Lipinski definition) is 0. The summed E-state index contributed by atoms with van der Waals surface area (Å²) in [6.45, 7) is 2.21. The highest BCUT2D eigenvalue weighted by Crippen LogP contribution is 2.45. The predicted molar refractivity (Wildman–Crippen MR) is 58.1 cm³/mol. The lowest BCUT2D eigenvalue weighted by Crippen LogP contribution is -2.06. The minimum Gasteiger partial charge on any atom is -0.462 e. The van der Waals surface area contributed by atoms with Crippen LogP contribution in [0.4, 0.5) is 0 Å². The average Bonchev–Trinajstić information content (AvgIpc) is 2.90. The van der Waals surface area contributed by atoms with E-state index in [1.807, 2.05) is 18.2 Å². The fourth-order valence-corrected chi connectivity index (χ4v) is 2.23. The van der Waals surface area contributed by atoms with Crippen LogP contribution in [-0.4, -0.2) is 12.6 Å². The average molecular weight is 216 g/mol. The van der Waals surface area contributed by atoms with Crippen molar-refractivity contribution in [2.45, 2.75) is 19.1 Å². The van der Waals surface area contributed by atoms with E-state index in [4.69, 9.17) is 9.47 Å². The Morgan fingerprint density at radius 2 is 2.06 bits per heavy atom. The van der Waals surface area contributed by atoms with Crippen molar-refractivity contribution in [2.75, 3.05) is 6.61 Å². The Bertz CT molecular complexity index is 476. The number of carbonyl (C=O) groups is 1. The number of benzene rings is 1. The molecule has 0 N–H and O–H groups in total. The van der Waals surface area contributed by atoms with E-state index in [0.29, 0.717) is 12.2 Å². The molecule has 0 saturated heterocycles. The monoisotopic (exact) mass is 216 g/mol. The van der Waals surface area contributed by atoms with Gasteiger partial charge in [-0.25, -0.2) is 4.79 Å². The highest BCUT2D eigenvalue weighted by molar-refractivity contribution is 5.89. The summed E-state index contributed by atoms with van der Waals surface area (Å²) >= 11 is 0. The Labute approximate surface area is 93.7 Å². The lowest BCUT2D eigenvalue weighted by Gasteiger charge is -2.08. The standard InChI is InChI=1S/C13H12O3/c1-2-15-13(14)8-3-4-9-10(7-8)12-6-5-11(9)16-12/h3-7,11-12H,2H2,1H3. The number of fused-ring (bicyclic) bond motifs is 5. The molecular formula is C13H12O3. The van der Waals surface area contributed by atoms with Gasteiger partial charge < -0.3 is 9.47 Å². The first kappa shape index (κ1) is 9.60. The molecule has 0 amide bonds. The number of ether oxygens (including phenoxy) is 2.